The molecule has 12 heavy (non-hydrogen) atoms. The largest absolute Gasteiger partial charge is 0.445 e. The van der Waals surface area contributed by atoms with Crippen LogP contribution in [0.2, 0.25) is 0 Å². The molecule has 0 rings (SSSR count). The van der Waals surface area contributed by atoms with Crippen LogP contribution >= 0.6 is 0 Å². The minimum Gasteiger partial charge on any atom is -0.445 e. The Balaban J connectivity index is 3.85. The van der Waals surface area contributed by atoms with Crippen molar-refractivity contribution in [1.29, 1.82) is 0 Å². The standard InChI is InChI=1S/C7H13N2O3/c1-5(2)12-7(11)9(4)8-6(3)10/h5H,1-4H3. The Morgan fingerprint density at radius 3 is 2.25 bits per heavy atom. The maximum Gasteiger partial charge on any atom is 0.430 e. The lowest BCUT2D eigenvalue weighted by Gasteiger charge is -2.15. The number of amides is 2. The second kappa shape index (κ2) is 4.58. The van der Waals surface area contributed by atoms with E-state index in [2.05, 4.69) is 5.43 Å². The third-order valence-electron chi connectivity index (χ3n) is 0.892. The second-order valence-corrected chi connectivity index (χ2v) is 2.58. The summed E-state index contributed by atoms with van der Waals surface area (Å²) >= 11 is 0. The van der Waals surface area contributed by atoms with E-state index in [-0.39, 0.29) is 6.10 Å². The Bertz CT molecular complexity index is 179. The molecular formula is C7H13N2O3. The van der Waals surface area contributed by atoms with Gasteiger partial charge in [0.15, 0.2) is 0 Å². The lowest BCUT2D eigenvalue weighted by molar-refractivity contribution is -0.123. The lowest BCUT2D eigenvalue weighted by atomic mass is 10.5. The van der Waals surface area contributed by atoms with Crippen LogP contribution in [0, 0.1) is 0 Å². The van der Waals surface area contributed by atoms with Crippen LogP contribution in [0.5, 0.6) is 0 Å². The van der Waals surface area contributed by atoms with Crippen LogP contribution in [0.3, 0.4) is 0 Å². The summed E-state index contributed by atoms with van der Waals surface area (Å²) in [5.41, 5.74) is 3.35. The highest BCUT2D eigenvalue weighted by molar-refractivity contribution is 5.76. The predicted molar refractivity (Wildman–Crippen MR) is 42.2 cm³/mol. The van der Waals surface area contributed by atoms with Crippen molar-refractivity contribution in [1.82, 2.24) is 10.4 Å². The van der Waals surface area contributed by atoms with Crippen LogP contribution in [0.25, 0.3) is 0 Å². The quantitative estimate of drug-likeness (QED) is 0.543. The zero-order valence-electron chi connectivity index (χ0n) is 7.70. The number of nitrogens with zero attached hydrogens (tertiary/aromatic N) is 2. The van der Waals surface area contributed by atoms with Gasteiger partial charge in [-0.15, -0.1) is 5.43 Å². The van der Waals surface area contributed by atoms with Gasteiger partial charge >= 0.3 is 6.09 Å². The first-order valence-corrected chi connectivity index (χ1v) is 3.60. The molecule has 0 saturated carbocycles. The first-order chi connectivity index (χ1) is 5.43. The molecule has 0 aromatic heterocycles. The summed E-state index contributed by atoms with van der Waals surface area (Å²) in [6, 6.07) is 0. The zero-order chi connectivity index (χ0) is 9.72. The van der Waals surface area contributed by atoms with E-state index in [1.54, 1.807) is 13.8 Å². The molecule has 0 heterocycles. The molecule has 0 unspecified atom stereocenters. The van der Waals surface area contributed by atoms with E-state index in [4.69, 9.17) is 4.74 Å². The van der Waals surface area contributed by atoms with Crippen LogP contribution in [-0.4, -0.2) is 30.2 Å². The minimum absolute atomic E-state index is 0.206. The molecule has 0 bridgehead atoms. The predicted octanol–water partition coefficient (Wildman–Crippen LogP) is 0.529. The summed E-state index contributed by atoms with van der Waals surface area (Å²) in [6.45, 7) is 4.71. The van der Waals surface area contributed by atoms with Gasteiger partial charge in [0.25, 0.3) is 5.91 Å². The molecule has 0 fully saturated rings. The number of hydrogen-bond acceptors (Lipinski definition) is 3. The SMILES string of the molecule is CC(=O)[N]N(C)C(=O)OC(C)C. The first-order valence-electron chi connectivity index (χ1n) is 3.60. The molecule has 0 N–H and O–H groups in total. The minimum atomic E-state index is -0.625. The molecule has 0 aliphatic carbocycles. The molecule has 0 atom stereocenters. The van der Waals surface area contributed by atoms with Gasteiger partial charge in [0, 0.05) is 14.0 Å². The van der Waals surface area contributed by atoms with Crippen molar-refractivity contribution in [2.45, 2.75) is 26.9 Å². The van der Waals surface area contributed by atoms with Gasteiger partial charge in [-0.05, 0) is 13.8 Å². The van der Waals surface area contributed by atoms with E-state index in [9.17, 15) is 9.59 Å². The monoisotopic (exact) mass is 173 g/mol. The summed E-state index contributed by atoms with van der Waals surface area (Å²) in [5, 5.41) is 0.877. The maximum atomic E-state index is 10.9. The third-order valence-corrected chi connectivity index (χ3v) is 0.892. The summed E-state index contributed by atoms with van der Waals surface area (Å²) in [5.74, 6) is -0.432. The molecule has 69 valence electrons. The van der Waals surface area contributed by atoms with E-state index < -0.39 is 12.0 Å². The second-order valence-electron chi connectivity index (χ2n) is 2.58. The van der Waals surface area contributed by atoms with E-state index in [0.29, 0.717) is 0 Å². The normalized spacial score (nSPS) is 9.42. The van der Waals surface area contributed by atoms with E-state index in [1.807, 2.05) is 0 Å². The van der Waals surface area contributed by atoms with Gasteiger partial charge in [-0.1, -0.05) is 0 Å². The zero-order valence-corrected chi connectivity index (χ0v) is 7.70. The van der Waals surface area contributed by atoms with Crippen molar-refractivity contribution < 1.29 is 14.3 Å². The molecular weight excluding hydrogens is 160 g/mol. The molecule has 1 radical (unpaired) electrons. The van der Waals surface area contributed by atoms with Gasteiger partial charge in [-0.3, -0.25) is 4.79 Å². The van der Waals surface area contributed by atoms with Crippen LogP contribution in [-0.2, 0) is 9.53 Å². The highest BCUT2D eigenvalue weighted by Crippen LogP contribution is 1.93. The average molecular weight is 173 g/mol. The lowest BCUT2D eigenvalue weighted by Crippen LogP contribution is -2.37. The fraction of sp³-hybridized carbons (Fsp3) is 0.714. The Morgan fingerprint density at radius 1 is 1.42 bits per heavy atom. The van der Waals surface area contributed by atoms with Gasteiger partial charge in [-0.2, -0.15) is 5.01 Å². The fourth-order valence-corrected chi connectivity index (χ4v) is 0.530. The number of ether oxygens (including phenoxy) is 1. The Morgan fingerprint density at radius 2 is 1.92 bits per heavy atom. The molecule has 2 amide bonds. The molecule has 0 spiro atoms. The van der Waals surface area contributed by atoms with Crippen molar-refractivity contribution in [2.75, 3.05) is 7.05 Å². The number of hydrogen-bond donors (Lipinski definition) is 0. The Kier molecular flexibility index (Phi) is 4.10. The summed E-state index contributed by atoms with van der Waals surface area (Å²) < 4.78 is 4.75. The summed E-state index contributed by atoms with van der Waals surface area (Å²) in [6.07, 6.45) is -0.831. The average Bonchev–Trinajstić information content (AvgIpc) is 1.84. The number of rotatable bonds is 1. The Labute approximate surface area is 71.6 Å². The highest BCUT2D eigenvalue weighted by atomic mass is 16.6. The van der Waals surface area contributed by atoms with Crippen molar-refractivity contribution in [2.24, 2.45) is 0 Å². The highest BCUT2D eigenvalue weighted by Gasteiger charge is 2.13. The van der Waals surface area contributed by atoms with Gasteiger partial charge in [0.2, 0.25) is 0 Å². The Hall–Kier alpha value is -1.26. The number of carbonyl (C=O) groups is 2. The molecule has 0 aliphatic heterocycles. The molecule has 0 aromatic rings. The van der Waals surface area contributed by atoms with Crippen molar-refractivity contribution in [3.63, 3.8) is 0 Å². The smallest absolute Gasteiger partial charge is 0.430 e. The first kappa shape index (κ1) is 10.7. The third kappa shape index (κ3) is 4.54. The van der Waals surface area contributed by atoms with E-state index in [0.717, 1.165) is 5.01 Å². The molecule has 5 heteroatoms. The molecule has 5 nitrogen and oxygen atoms in total. The maximum absolute atomic E-state index is 10.9. The van der Waals surface area contributed by atoms with Crippen LogP contribution in [0.1, 0.15) is 20.8 Å². The summed E-state index contributed by atoms with van der Waals surface area (Å²) in [7, 11) is 1.37. The van der Waals surface area contributed by atoms with Gasteiger partial charge in [0.1, 0.15) is 0 Å². The van der Waals surface area contributed by atoms with Crippen molar-refractivity contribution >= 4 is 12.0 Å². The van der Waals surface area contributed by atoms with Crippen LogP contribution in [0.15, 0.2) is 0 Å². The van der Waals surface area contributed by atoms with Crippen molar-refractivity contribution in [3.8, 4) is 0 Å². The van der Waals surface area contributed by atoms with Gasteiger partial charge < -0.3 is 4.74 Å². The van der Waals surface area contributed by atoms with Crippen LogP contribution in [0.4, 0.5) is 4.79 Å². The topological polar surface area (TPSA) is 60.7 Å². The van der Waals surface area contributed by atoms with Crippen molar-refractivity contribution in [3.05, 3.63) is 0 Å². The van der Waals surface area contributed by atoms with Crippen LogP contribution < -0.4 is 5.43 Å². The molecule has 0 saturated heterocycles. The van der Waals surface area contributed by atoms with Gasteiger partial charge in [-0.25, -0.2) is 4.79 Å². The fourth-order valence-electron chi connectivity index (χ4n) is 0.530. The number of carbonyl (C=O) groups excluding carboxylic acids is 2. The molecule has 0 aliphatic rings. The van der Waals surface area contributed by atoms with E-state index in [1.165, 1.54) is 14.0 Å². The summed E-state index contributed by atoms with van der Waals surface area (Å²) in [4.78, 5) is 21.4. The molecule has 0 aromatic carbocycles. The van der Waals surface area contributed by atoms with Gasteiger partial charge in [0.05, 0.1) is 6.10 Å². The van der Waals surface area contributed by atoms with E-state index >= 15 is 0 Å².